The van der Waals surface area contributed by atoms with Gasteiger partial charge in [0.2, 0.25) is 0 Å². The summed E-state index contributed by atoms with van der Waals surface area (Å²) in [4.78, 5) is 7.25. The van der Waals surface area contributed by atoms with Gasteiger partial charge in [-0.1, -0.05) is 12.1 Å². The highest BCUT2D eigenvalue weighted by Crippen LogP contribution is 2.19. The van der Waals surface area contributed by atoms with Crippen molar-refractivity contribution in [1.29, 1.82) is 0 Å². The van der Waals surface area contributed by atoms with Gasteiger partial charge in [0.05, 0.1) is 17.2 Å². The molecule has 0 bridgehead atoms. The Labute approximate surface area is 104 Å². The zero-order valence-electron chi connectivity index (χ0n) is 9.34. The molecule has 3 nitrogen and oxygen atoms in total. The van der Waals surface area contributed by atoms with Gasteiger partial charge in [0, 0.05) is 11.9 Å². The van der Waals surface area contributed by atoms with E-state index < -0.39 is 0 Å². The van der Waals surface area contributed by atoms with Crippen LogP contribution in [0, 0.1) is 11.7 Å². The number of hydrogen-bond acceptors (Lipinski definition) is 2. The Morgan fingerprint density at radius 2 is 2.18 bits per heavy atom. The molecule has 2 heterocycles. The van der Waals surface area contributed by atoms with Crippen molar-refractivity contribution in [3.05, 3.63) is 53.1 Å². The SMILES string of the molecule is Cc1cccc(-n2c(=S)[nH]c3cnccc32)c1. The van der Waals surface area contributed by atoms with E-state index >= 15 is 0 Å². The van der Waals surface area contributed by atoms with Gasteiger partial charge in [0.1, 0.15) is 0 Å². The second kappa shape index (κ2) is 3.82. The van der Waals surface area contributed by atoms with Crippen molar-refractivity contribution in [3.8, 4) is 5.69 Å². The number of imidazole rings is 1. The molecule has 3 rings (SSSR count). The fourth-order valence-electron chi connectivity index (χ4n) is 1.98. The fraction of sp³-hybridized carbons (Fsp3) is 0.0769. The number of nitrogens with zero attached hydrogens (tertiary/aromatic N) is 2. The molecule has 0 fully saturated rings. The average molecular weight is 241 g/mol. The Hall–Kier alpha value is -1.94. The summed E-state index contributed by atoms with van der Waals surface area (Å²) < 4.78 is 2.72. The number of benzene rings is 1. The highest BCUT2D eigenvalue weighted by atomic mass is 32.1. The lowest BCUT2D eigenvalue weighted by atomic mass is 10.2. The first-order chi connectivity index (χ1) is 8.25. The van der Waals surface area contributed by atoms with E-state index in [-0.39, 0.29) is 0 Å². The number of hydrogen-bond donors (Lipinski definition) is 1. The molecule has 0 aliphatic rings. The van der Waals surface area contributed by atoms with Crippen molar-refractivity contribution in [1.82, 2.24) is 14.5 Å². The maximum Gasteiger partial charge on any atom is 0.182 e. The number of aryl methyl sites for hydroxylation is 1. The van der Waals surface area contributed by atoms with Gasteiger partial charge in [-0.3, -0.25) is 9.55 Å². The van der Waals surface area contributed by atoms with Crippen LogP contribution >= 0.6 is 12.2 Å². The van der Waals surface area contributed by atoms with E-state index in [0.29, 0.717) is 4.77 Å². The number of fused-ring (bicyclic) bond motifs is 1. The molecule has 0 saturated heterocycles. The van der Waals surface area contributed by atoms with Gasteiger partial charge in [-0.25, -0.2) is 0 Å². The molecule has 0 saturated carbocycles. The Kier molecular flexibility index (Phi) is 2.30. The van der Waals surface area contributed by atoms with Crippen molar-refractivity contribution in [2.75, 3.05) is 0 Å². The maximum atomic E-state index is 5.36. The summed E-state index contributed by atoms with van der Waals surface area (Å²) in [6, 6.07) is 10.2. The molecule has 3 aromatic rings. The number of aromatic nitrogens is 3. The van der Waals surface area contributed by atoms with Gasteiger partial charge in [0.15, 0.2) is 4.77 Å². The number of H-pyrrole nitrogens is 1. The van der Waals surface area contributed by atoms with Crippen molar-refractivity contribution < 1.29 is 0 Å². The molecule has 0 spiro atoms. The molecular formula is C13H11N3S. The number of pyridine rings is 1. The molecule has 2 aromatic heterocycles. The molecule has 4 heteroatoms. The standard InChI is InChI=1S/C13H11N3S/c1-9-3-2-4-10(7-9)16-12-5-6-14-8-11(12)15-13(16)17/h2-8H,1H3,(H,15,17). The van der Waals surface area contributed by atoms with Crippen LogP contribution in [0.3, 0.4) is 0 Å². The molecular weight excluding hydrogens is 230 g/mol. The zero-order valence-corrected chi connectivity index (χ0v) is 10.2. The summed E-state index contributed by atoms with van der Waals surface area (Å²) in [5, 5.41) is 0. The van der Waals surface area contributed by atoms with E-state index in [1.807, 2.05) is 16.7 Å². The molecule has 0 aliphatic heterocycles. The number of aromatic amines is 1. The minimum absolute atomic E-state index is 0.693. The molecule has 0 aliphatic carbocycles. The van der Waals surface area contributed by atoms with Gasteiger partial charge in [-0.2, -0.15) is 0 Å². The quantitative estimate of drug-likeness (QED) is 0.662. The van der Waals surface area contributed by atoms with Crippen LogP contribution in [0.4, 0.5) is 0 Å². The summed E-state index contributed by atoms with van der Waals surface area (Å²) in [7, 11) is 0. The zero-order chi connectivity index (χ0) is 11.8. The molecule has 0 unspecified atom stereocenters. The van der Waals surface area contributed by atoms with E-state index in [4.69, 9.17) is 12.2 Å². The topological polar surface area (TPSA) is 33.6 Å². The minimum Gasteiger partial charge on any atom is -0.329 e. The summed E-state index contributed by atoms with van der Waals surface area (Å²) in [5.41, 5.74) is 4.30. The third-order valence-corrected chi connectivity index (χ3v) is 3.03. The lowest BCUT2D eigenvalue weighted by Crippen LogP contribution is -1.94. The summed E-state index contributed by atoms with van der Waals surface area (Å²) in [5.74, 6) is 0. The van der Waals surface area contributed by atoms with Crippen LogP contribution in [0.5, 0.6) is 0 Å². The second-order valence-corrected chi connectivity index (χ2v) is 4.38. The fourth-order valence-corrected chi connectivity index (χ4v) is 2.30. The first kappa shape index (κ1) is 10.2. The Morgan fingerprint density at radius 1 is 1.29 bits per heavy atom. The van der Waals surface area contributed by atoms with Crippen LogP contribution in [0.25, 0.3) is 16.7 Å². The van der Waals surface area contributed by atoms with Crippen molar-refractivity contribution in [2.24, 2.45) is 0 Å². The highest BCUT2D eigenvalue weighted by Gasteiger charge is 2.05. The smallest absolute Gasteiger partial charge is 0.182 e. The van der Waals surface area contributed by atoms with Crippen molar-refractivity contribution in [2.45, 2.75) is 6.92 Å². The largest absolute Gasteiger partial charge is 0.329 e. The van der Waals surface area contributed by atoms with Crippen LogP contribution in [0.1, 0.15) is 5.56 Å². The van der Waals surface area contributed by atoms with Gasteiger partial charge < -0.3 is 4.98 Å². The van der Waals surface area contributed by atoms with E-state index in [0.717, 1.165) is 16.7 Å². The molecule has 17 heavy (non-hydrogen) atoms. The summed E-state index contributed by atoms with van der Waals surface area (Å²) in [6.07, 6.45) is 3.56. The van der Waals surface area contributed by atoms with E-state index in [1.54, 1.807) is 12.4 Å². The first-order valence-electron chi connectivity index (χ1n) is 5.37. The Balaban J connectivity index is 2.37. The molecule has 0 amide bonds. The van der Waals surface area contributed by atoms with Crippen LogP contribution < -0.4 is 0 Å². The lowest BCUT2D eigenvalue weighted by molar-refractivity contribution is 1.06. The maximum absolute atomic E-state index is 5.36. The second-order valence-electron chi connectivity index (χ2n) is 4.00. The normalized spacial score (nSPS) is 10.9. The average Bonchev–Trinajstić information content (AvgIpc) is 2.64. The van der Waals surface area contributed by atoms with Crippen molar-refractivity contribution in [3.63, 3.8) is 0 Å². The molecule has 1 aromatic carbocycles. The monoisotopic (exact) mass is 241 g/mol. The molecule has 84 valence electrons. The van der Waals surface area contributed by atoms with E-state index in [1.165, 1.54) is 5.56 Å². The Bertz CT molecular complexity index is 740. The van der Waals surface area contributed by atoms with Crippen LogP contribution in [-0.4, -0.2) is 14.5 Å². The molecule has 1 N–H and O–H groups in total. The summed E-state index contributed by atoms with van der Waals surface area (Å²) in [6.45, 7) is 2.07. The Morgan fingerprint density at radius 3 is 3.00 bits per heavy atom. The third-order valence-electron chi connectivity index (χ3n) is 2.74. The van der Waals surface area contributed by atoms with E-state index in [2.05, 4.69) is 35.1 Å². The molecule has 0 radical (unpaired) electrons. The van der Waals surface area contributed by atoms with Gasteiger partial charge >= 0.3 is 0 Å². The third kappa shape index (κ3) is 1.66. The number of rotatable bonds is 1. The minimum atomic E-state index is 0.693. The van der Waals surface area contributed by atoms with Crippen LogP contribution in [-0.2, 0) is 0 Å². The van der Waals surface area contributed by atoms with Crippen molar-refractivity contribution >= 4 is 23.3 Å². The highest BCUT2D eigenvalue weighted by molar-refractivity contribution is 7.71. The first-order valence-corrected chi connectivity index (χ1v) is 5.78. The summed E-state index contributed by atoms with van der Waals surface area (Å²) >= 11 is 5.36. The van der Waals surface area contributed by atoms with E-state index in [9.17, 15) is 0 Å². The molecule has 0 atom stereocenters. The lowest BCUT2D eigenvalue weighted by Gasteiger charge is -2.04. The predicted molar refractivity (Wildman–Crippen MR) is 71.0 cm³/mol. The predicted octanol–water partition coefficient (Wildman–Crippen LogP) is 3.39. The van der Waals surface area contributed by atoms with Gasteiger partial charge in [-0.05, 0) is 42.9 Å². The van der Waals surface area contributed by atoms with Crippen LogP contribution in [0.2, 0.25) is 0 Å². The van der Waals surface area contributed by atoms with Gasteiger partial charge in [0.25, 0.3) is 0 Å². The number of nitrogens with one attached hydrogen (secondary N) is 1. The van der Waals surface area contributed by atoms with Gasteiger partial charge in [-0.15, -0.1) is 0 Å². The van der Waals surface area contributed by atoms with Crippen LogP contribution in [0.15, 0.2) is 42.7 Å².